The highest BCUT2D eigenvalue weighted by molar-refractivity contribution is 5.57. The lowest BCUT2D eigenvalue weighted by atomic mass is 10.1. The van der Waals surface area contributed by atoms with Crippen molar-refractivity contribution >= 4 is 6.29 Å². The van der Waals surface area contributed by atoms with Gasteiger partial charge in [0.05, 0.1) is 6.04 Å². The Morgan fingerprint density at radius 2 is 2.42 bits per heavy atom. The molecule has 0 spiro atoms. The Kier molecular flexibility index (Phi) is 7.33. The van der Waals surface area contributed by atoms with Crippen LogP contribution < -0.4 is 5.32 Å². The molecule has 0 saturated heterocycles. The van der Waals surface area contributed by atoms with E-state index in [0.29, 0.717) is 6.54 Å². The molecule has 0 fully saturated rings. The molecule has 5 nitrogen and oxygen atoms in total. The Morgan fingerprint density at radius 3 is 2.92 bits per heavy atom. The molecule has 5 heteroatoms. The van der Waals surface area contributed by atoms with Gasteiger partial charge in [-0.3, -0.25) is 0 Å². The Balaban J connectivity index is 3.28. The third-order valence-electron chi connectivity index (χ3n) is 1.62. The number of carbonyl (C=O) groups is 1. The van der Waals surface area contributed by atoms with Crippen molar-refractivity contribution < 1.29 is 4.79 Å². The molecule has 1 N–H and O–H groups in total. The summed E-state index contributed by atoms with van der Waals surface area (Å²) in [6.07, 6.45) is 3.45. The lowest BCUT2D eigenvalue weighted by molar-refractivity contribution is -0.109. The van der Waals surface area contributed by atoms with Gasteiger partial charge in [0.2, 0.25) is 0 Å². The van der Waals surface area contributed by atoms with Crippen molar-refractivity contribution in [1.82, 2.24) is 5.32 Å². The van der Waals surface area contributed by atoms with Crippen molar-refractivity contribution in [2.45, 2.75) is 25.3 Å². The molecule has 0 saturated carbocycles. The molecule has 0 amide bonds. The number of aldehydes is 1. The summed E-state index contributed by atoms with van der Waals surface area (Å²) < 4.78 is 0. The Morgan fingerprint density at radius 1 is 1.67 bits per heavy atom. The largest absolute Gasteiger partial charge is 0.311 e. The van der Waals surface area contributed by atoms with Gasteiger partial charge in [-0.15, -0.1) is 0 Å². The SMILES string of the molecule is CN[C@H](C=O)CCCCN=[N+]=[N-]. The number of likely N-dealkylation sites (N-methyl/N-ethyl adjacent to an activating group) is 1. The van der Waals surface area contributed by atoms with Crippen LogP contribution in [0, 0.1) is 0 Å². The van der Waals surface area contributed by atoms with Crippen LogP contribution in [0.5, 0.6) is 0 Å². The molecule has 68 valence electrons. The van der Waals surface area contributed by atoms with Gasteiger partial charge in [-0.2, -0.15) is 0 Å². The summed E-state index contributed by atoms with van der Waals surface area (Å²) in [5, 5.41) is 6.26. The fraction of sp³-hybridized carbons (Fsp3) is 0.857. The number of hydrogen-bond acceptors (Lipinski definition) is 3. The molecule has 0 aromatic heterocycles. The van der Waals surface area contributed by atoms with Gasteiger partial charge < -0.3 is 10.1 Å². The predicted octanol–water partition coefficient (Wildman–Crippen LogP) is 1.25. The zero-order chi connectivity index (χ0) is 9.23. The zero-order valence-corrected chi connectivity index (χ0v) is 7.23. The van der Waals surface area contributed by atoms with E-state index in [1.807, 2.05) is 0 Å². The first-order valence-electron chi connectivity index (χ1n) is 3.98. The maximum absolute atomic E-state index is 10.3. The number of azide groups is 1. The molecule has 1 atom stereocenters. The van der Waals surface area contributed by atoms with Crippen molar-refractivity contribution in [3.05, 3.63) is 10.4 Å². The first-order valence-corrected chi connectivity index (χ1v) is 3.98. The highest BCUT2D eigenvalue weighted by atomic mass is 16.1. The van der Waals surface area contributed by atoms with Crippen LogP contribution in [0.15, 0.2) is 5.11 Å². The van der Waals surface area contributed by atoms with Gasteiger partial charge in [-0.25, -0.2) is 0 Å². The third-order valence-corrected chi connectivity index (χ3v) is 1.62. The Bertz CT molecular complexity index is 165. The minimum atomic E-state index is -0.0592. The van der Waals surface area contributed by atoms with E-state index in [-0.39, 0.29) is 6.04 Å². The van der Waals surface area contributed by atoms with Crippen molar-refractivity contribution in [2.75, 3.05) is 13.6 Å². The number of unbranched alkanes of at least 4 members (excludes halogenated alkanes) is 1. The normalized spacial score (nSPS) is 11.8. The summed E-state index contributed by atoms with van der Waals surface area (Å²) in [6.45, 7) is 0.520. The molecule has 0 aliphatic rings. The van der Waals surface area contributed by atoms with E-state index >= 15 is 0 Å². The molecule has 0 aromatic rings. The van der Waals surface area contributed by atoms with E-state index < -0.39 is 0 Å². The van der Waals surface area contributed by atoms with Gasteiger partial charge in [0.25, 0.3) is 0 Å². The van der Waals surface area contributed by atoms with Gasteiger partial charge in [-0.05, 0) is 25.4 Å². The molecular weight excluding hydrogens is 156 g/mol. The number of nitrogens with one attached hydrogen (secondary N) is 1. The quantitative estimate of drug-likeness (QED) is 0.205. The molecule has 0 bridgehead atoms. The summed E-state index contributed by atoms with van der Waals surface area (Å²) >= 11 is 0. The number of nitrogens with zero attached hydrogens (tertiary/aromatic N) is 3. The lowest BCUT2D eigenvalue weighted by Crippen LogP contribution is -2.26. The first-order chi connectivity index (χ1) is 5.85. The van der Waals surface area contributed by atoms with Gasteiger partial charge in [0.1, 0.15) is 6.29 Å². The summed E-state index contributed by atoms with van der Waals surface area (Å²) in [5.74, 6) is 0. The Hall–Kier alpha value is -1.06. The van der Waals surface area contributed by atoms with Gasteiger partial charge >= 0.3 is 0 Å². The van der Waals surface area contributed by atoms with Crippen LogP contribution >= 0.6 is 0 Å². The fourth-order valence-corrected chi connectivity index (χ4v) is 0.872. The minimum Gasteiger partial charge on any atom is -0.311 e. The summed E-state index contributed by atoms with van der Waals surface area (Å²) in [5.41, 5.74) is 7.96. The van der Waals surface area contributed by atoms with E-state index in [9.17, 15) is 4.79 Å². The minimum absolute atomic E-state index is 0.0592. The molecule has 12 heavy (non-hydrogen) atoms. The van der Waals surface area contributed by atoms with E-state index in [1.165, 1.54) is 0 Å². The number of rotatable bonds is 7. The summed E-state index contributed by atoms with van der Waals surface area (Å²) in [4.78, 5) is 12.9. The summed E-state index contributed by atoms with van der Waals surface area (Å²) in [6, 6.07) is -0.0592. The van der Waals surface area contributed by atoms with Crippen LogP contribution in [0.1, 0.15) is 19.3 Å². The molecule has 0 aromatic carbocycles. The van der Waals surface area contributed by atoms with Crippen LogP contribution in [0.3, 0.4) is 0 Å². The van der Waals surface area contributed by atoms with E-state index in [4.69, 9.17) is 5.53 Å². The molecule has 0 rings (SSSR count). The number of carbonyl (C=O) groups excluding carboxylic acids is 1. The van der Waals surface area contributed by atoms with Gasteiger partial charge in [0.15, 0.2) is 0 Å². The average Bonchev–Trinajstić information content (AvgIpc) is 2.11. The summed E-state index contributed by atoms with van der Waals surface area (Å²) in [7, 11) is 1.76. The molecule has 0 heterocycles. The second kappa shape index (κ2) is 8.04. The molecular formula is C7H14N4O. The van der Waals surface area contributed by atoms with E-state index in [1.54, 1.807) is 7.05 Å². The molecule has 0 aliphatic heterocycles. The number of hydrogen-bond donors (Lipinski definition) is 1. The van der Waals surface area contributed by atoms with Gasteiger partial charge in [-0.1, -0.05) is 11.5 Å². The van der Waals surface area contributed by atoms with E-state index in [0.717, 1.165) is 25.5 Å². The monoisotopic (exact) mass is 170 g/mol. The van der Waals surface area contributed by atoms with Crippen LogP contribution in [-0.2, 0) is 4.79 Å². The zero-order valence-electron chi connectivity index (χ0n) is 7.23. The maximum Gasteiger partial charge on any atom is 0.136 e. The Labute approximate surface area is 71.8 Å². The van der Waals surface area contributed by atoms with Crippen molar-refractivity contribution in [1.29, 1.82) is 0 Å². The smallest absolute Gasteiger partial charge is 0.136 e. The third kappa shape index (κ3) is 5.70. The fourth-order valence-electron chi connectivity index (χ4n) is 0.872. The standard InChI is InChI=1S/C7H14N4O/c1-9-7(6-12)4-2-3-5-10-11-8/h6-7,9H,2-5H2,1H3/t7-/m0/s1. The topological polar surface area (TPSA) is 77.9 Å². The lowest BCUT2D eigenvalue weighted by Gasteiger charge is -2.06. The van der Waals surface area contributed by atoms with Crippen LogP contribution in [-0.4, -0.2) is 25.9 Å². The highest BCUT2D eigenvalue weighted by Crippen LogP contribution is 1.98. The van der Waals surface area contributed by atoms with Crippen LogP contribution in [0.25, 0.3) is 10.4 Å². The first kappa shape index (κ1) is 10.9. The van der Waals surface area contributed by atoms with Gasteiger partial charge in [0, 0.05) is 11.5 Å². The van der Waals surface area contributed by atoms with Crippen LogP contribution in [0.4, 0.5) is 0 Å². The predicted molar refractivity (Wildman–Crippen MR) is 46.8 cm³/mol. The van der Waals surface area contributed by atoms with E-state index in [2.05, 4.69) is 15.3 Å². The van der Waals surface area contributed by atoms with Crippen LogP contribution in [0.2, 0.25) is 0 Å². The van der Waals surface area contributed by atoms with Crippen molar-refractivity contribution in [2.24, 2.45) is 5.11 Å². The molecule has 0 aliphatic carbocycles. The van der Waals surface area contributed by atoms with Crippen molar-refractivity contribution in [3.8, 4) is 0 Å². The highest BCUT2D eigenvalue weighted by Gasteiger charge is 2.01. The average molecular weight is 170 g/mol. The van der Waals surface area contributed by atoms with Crippen molar-refractivity contribution in [3.63, 3.8) is 0 Å². The molecule has 0 unspecified atom stereocenters. The second-order valence-corrected chi connectivity index (χ2v) is 2.48. The second-order valence-electron chi connectivity index (χ2n) is 2.48. The maximum atomic E-state index is 10.3. The molecule has 0 radical (unpaired) electrons.